The fraction of sp³-hybridized carbons (Fsp3) is 0.312. The van der Waals surface area contributed by atoms with E-state index in [2.05, 4.69) is 23.3 Å². The Labute approximate surface area is 125 Å². The minimum Gasteiger partial charge on any atom is -0.383 e. The molecule has 0 bridgehead atoms. The van der Waals surface area contributed by atoms with Crippen LogP contribution in [0, 0.1) is 0 Å². The first-order valence-corrected chi connectivity index (χ1v) is 7.26. The van der Waals surface area contributed by atoms with E-state index in [1.54, 1.807) is 6.20 Å². The maximum absolute atomic E-state index is 6.09. The van der Waals surface area contributed by atoms with Crippen LogP contribution in [-0.2, 0) is 6.42 Å². The Hall–Kier alpha value is -1.58. The minimum absolute atomic E-state index is 0.195. The topological polar surface area (TPSA) is 50.9 Å². The summed E-state index contributed by atoms with van der Waals surface area (Å²) in [6, 6.07) is 12.1. The zero-order valence-electron chi connectivity index (χ0n) is 11.6. The second-order valence-corrected chi connectivity index (χ2v) is 5.25. The first-order valence-electron chi connectivity index (χ1n) is 6.89. The lowest BCUT2D eigenvalue weighted by atomic mass is 9.99. The molecule has 1 atom stereocenters. The van der Waals surface area contributed by atoms with Gasteiger partial charge in [0.1, 0.15) is 5.82 Å². The van der Waals surface area contributed by atoms with Gasteiger partial charge in [0.05, 0.1) is 0 Å². The summed E-state index contributed by atoms with van der Waals surface area (Å²) in [4.78, 5) is 4.15. The molecule has 0 fully saturated rings. The van der Waals surface area contributed by atoms with Crippen molar-refractivity contribution < 1.29 is 0 Å². The summed E-state index contributed by atoms with van der Waals surface area (Å²) in [7, 11) is 0. The van der Waals surface area contributed by atoms with E-state index in [-0.39, 0.29) is 6.04 Å². The van der Waals surface area contributed by atoms with Gasteiger partial charge in [-0.1, -0.05) is 36.7 Å². The highest BCUT2D eigenvalue weighted by atomic mass is 35.5. The predicted octanol–water partition coefficient (Wildman–Crippen LogP) is 3.60. The zero-order chi connectivity index (χ0) is 14.4. The third-order valence-electron chi connectivity index (χ3n) is 3.24. The molecule has 1 aromatic heterocycles. The van der Waals surface area contributed by atoms with Crippen molar-refractivity contribution in [3.63, 3.8) is 0 Å². The number of nitrogen functional groups attached to an aromatic ring is 1. The first kappa shape index (κ1) is 14.8. The molecule has 2 rings (SSSR count). The summed E-state index contributed by atoms with van der Waals surface area (Å²) < 4.78 is 0. The van der Waals surface area contributed by atoms with Crippen molar-refractivity contribution in [2.45, 2.75) is 25.8 Å². The molecule has 4 heteroatoms. The smallest absolute Gasteiger partial charge is 0.126 e. The van der Waals surface area contributed by atoms with Crippen molar-refractivity contribution in [2.24, 2.45) is 0 Å². The number of hydrogen-bond donors (Lipinski definition) is 2. The summed E-state index contributed by atoms with van der Waals surface area (Å²) >= 11 is 6.09. The molecule has 0 aliphatic carbocycles. The molecule has 0 amide bonds. The number of nitrogens with two attached hydrogens (primary N) is 1. The number of anilines is 1. The normalized spacial score (nSPS) is 12.3. The molecule has 1 aromatic carbocycles. The van der Waals surface area contributed by atoms with Crippen LogP contribution in [0.5, 0.6) is 0 Å². The van der Waals surface area contributed by atoms with E-state index in [0.717, 1.165) is 30.0 Å². The van der Waals surface area contributed by atoms with Crippen LogP contribution in [0.25, 0.3) is 0 Å². The SMILES string of the molecule is CCCNC(Cc1cccnc1N)c1cccc(Cl)c1. The van der Waals surface area contributed by atoms with Crippen molar-refractivity contribution in [1.82, 2.24) is 10.3 Å². The Balaban J connectivity index is 2.21. The molecule has 1 heterocycles. The summed E-state index contributed by atoms with van der Waals surface area (Å²) in [5.74, 6) is 0.595. The van der Waals surface area contributed by atoms with Crippen LogP contribution in [0.4, 0.5) is 5.82 Å². The highest BCUT2D eigenvalue weighted by Crippen LogP contribution is 2.23. The van der Waals surface area contributed by atoms with Gasteiger partial charge in [0.25, 0.3) is 0 Å². The highest BCUT2D eigenvalue weighted by Gasteiger charge is 2.13. The second kappa shape index (κ2) is 7.27. The number of rotatable bonds is 6. The van der Waals surface area contributed by atoms with E-state index in [0.29, 0.717) is 5.82 Å². The Morgan fingerprint density at radius 3 is 2.85 bits per heavy atom. The lowest BCUT2D eigenvalue weighted by molar-refractivity contribution is 0.529. The summed E-state index contributed by atoms with van der Waals surface area (Å²) in [5, 5.41) is 4.30. The average molecular weight is 290 g/mol. The fourth-order valence-corrected chi connectivity index (χ4v) is 2.39. The van der Waals surface area contributed by atoms with Gasteiger partial charge in [0.2, 0.25) is 0 Å². The van der Waals surface area contributed by atoms with E-state index >= 15 is 0 Å². The van der Waals surface area contributed by atoms with E-state index in [1.165, 1.54) is 5.56 Å². The molecule has 0 radical (unpaired) electrons. The van der Waals surface area contributed by atoms with Gasteiger partial charge < -0.3 is 11.1 Å². The Morgan fingerprint density at radius 2 is 2.15 bits per heavy atom. The van der Waals surface area contributed by atoms with Crippen molar-refractivity contribution >= 4 is 17.4 Å². The lowest BCUT2D eigenvalue weighted by Gasteiger charge is -2.20. The standard InChI is InChI=1S/C16H20ClN3/c1-2-8-19-15(12-5-3-7-14(17)10-12)11-13-6-4-9-20-16(13)18/h3-7,9-10,15,19H,2,8,11H2,1H3,(H2,18,20). The molecular weight excluding hydrogens is 270 g/mol. The predicted molar refractivity (Wildman–Crippen MR) is 84.8 cm³/mol. The van der Waals surface area contributed by atoms with E-state index < -0.39 is 0 Å². The lowest BCUT2D eigenvalue weighted by Crippen LogP contribution is -2.24. The molecule has 0 aliphatic rings. The van der Waals surface area contributed by atoms with E-state index in [4.69, 9.17) is 17.3 Å². The van der Waals surface area contributed by atoms with Gasteiger partial charge in [-0.2, -0.15) is 0 Å². The van der Waals surface area contributed by atoms with E-state index in [9.17, 15) is 0 Å². The number of aromatic nitrogens is 1. The fourth-order valence-electron chi connectivity index (χ4n) is 2.19. The molecule has 3 N–H and O–H groups in total. The molecule has 0 spiro atoms. The number of nitrogens with one attached hydrogen (secondary N) is 1. The monoisotopic (exact) mass is 289 g/mol. The van der Waals surface area contributed by atoms with Gasteiger partial charge >= 0.3 is 0 Å². The van der Waals surface area contributed by atoms with Crippen LogP contribution >= 0.6 is 11.6 Å². The quantitative estimate of drug-likeness (QED) is 0.854. The van der Waals surface area contributed by atoms with Gasteiger partial charge in [-0.15, -0.1) is 0 Å². The number of hydrogen-bond acceptors (Lipinski definition) is 3. The largest absolute Gasteiger partial charge is 0.383 e. The van der Waals surface area contributed by atoms with Crippen LogP contribution in [0.1, 0.15) is 30.5 Å². The number of halogens is 1. The maximum Gasteiger partial charge on any atom is 0.126 e. The molecule has 20 heavy (non-hydrogen) atoms. The molecule has 0 saturated carbocycles. The minimum atomic E-state index is 0.195. The molecule has 106 valence electrons. The average Bonchev–Trinajstić information content (AvgIpc) is 2.45. The first-order chi connectivity index (χ1) is 9.70. The van der Waals surface area contributed by atoms with Gasteiger partial charge in [0.15, 0.2) is 0 Å². The highest BCUT2D eigenvalue weighted by molar-refractivity contribution is 6.30. The van der Waals surface area contributed by atoms with Crippen molar-refractivity contribution in [1.29, 1.82) is 0 Å². The molecule has 2 aromatic rings. The van der Waals surface area contributed by atoms with Crippen molar-refractivity contribution in [3.05, 3.63) is 58.7 Å². The van der Waals surface area contributed by atoms with Gasteiger partial charge in [0, 0.05) is 17.3 Å². The number of pyridine rings is 1. The van der Waals surface area contributed by atoms with Gasteiger partial charge in [-0.25, -0.2) is 4.98 Å². The van der Waals surface area contributed by atoms with Crippen molar-refractivity contribution in [2.75, 3.05) is 12.3 Å². The van der Waals surface area contributed by atoms with Crippen molar-refractivity contribution in [3.8, 4) is 0 Å². The third kappa shape index (κ3) is 3.95. The number of benzene rings is 1. The summed E-state index contributed by atoms with van der Waals surface area (Å²) in [5.41, 5.74) is 8.17. The summed E-state index contributed by atoms with van der Waals surface area (Å²) in [6.07, 6.45) is 3.60. The molecule has 1 unspecified atom stereocenters. The Bertz CT molecular complexity index is 557. The molecular formula is C16H20ClN3. The second-order valence-electron chi connectivity index (χ2n) is 4.81. The maximum atomic E-state index is 6.09. The van der Waals surface area contributed by atoms with Crippen LogP contribution in [-0.4, -0.2) is 11.5 Å². The Kier molecular flexibility index (Phi) is 5.39. The molecule has 0 aliphatic heterocycles. The van der Waals surface area contributed by atoms with Gasteiger partial charge in [-0.05, 0) is 48.7 Å². The third-order valence-corrected chi connectivity index (χ3v) is 3.48. The van der Waals surface area contributed by atoms with Crippen LogP contribution < -0.4 is 11.1 Å². The zero-order valence-corrected chi connectivity index (χ0v) is 12.4. The van der Waals surface area contributed by atoms with Crippen LogP contribution in [0.3, 0.4) is 0 Å². The van der Waals surface area contributed by atoms with Gasteiger partial charge in [-0.3, -0.25) is 0 Å². The Morgan fingerprint density at radius 1 is 1.30 bits per heavy atom. The molecule has 3 nitrogen and oxygen atoms in total. The van der Waals surface area contributed by atoms with E-state index in [1.807, 2.05) is 30.3 Å². The van der Waals surface area contributed by atoms with Crippen LogP contribution in [0.15, 0.2) is 42.6 Å². The van der Waals surface area contributed by atoms with Crippen LogP contribution in [0.2, 0.25) is 5.02 Å². The number of nitrogens with zero attached hydrogens (tertiary/aromatic N) is 1. The molecule has 0 saturated heterocycles. The summed E-state index contributed by atoms with van der Waals surface area (Å²) in [6.45, 7) is 3.11.